The van der Waals surface area contributed by atoms with Crippen LogP contribution in [-0.4, -0.2) is 81.4 Å². The third-order valence-corrected chi connectivity index (χ3v) is 7.01. The molecular formula is C23H26ClN7O4S. The van der Waals surface area contributed by atoms with Crippen molar-refractivity contribution in [1.82, 2.24) is 19.9 Å². The molecule has 190 valence electrons. The number of carbonyl (C=O) groups excluding carboxylic acids is 1. The van der Waals surface area contributed by atoms with Crippen LogP contribution in [0.2, 0.25) is 5.02 Å². The van der Waals surface area contributed by atoms with Crippen LogP contribution in [0.4, 0.5) is 27.2 Å². The second kappa shape index (κ2) is 11.2. The van der Waals surface area contributed by atoms with Crippen molar-refractivity contribution in [3.8, 4) is 0 Å². The number of β-amino-alcohol motifs (C(OH)–C–C–N with tert-alkyl or cyclic N) is 1. The average molecular weight is 532 g/mol. The first kappa shape index (κ1) is 25.8. The highest BCUT2D eigenvalue weighted by atomic mass is 35.5. The van der Waals surface area contributed by atoms with Gasteiger partial charge in [-0.15, -0.1) is 0 Å². The lowest BCUT2D eigenvalue weighted by Gasteiger charge is -2.35. The number of carboxylic acid groups (broad SMARTS) is 1. The summed E-state index contributed by atoms with van der Waals surface area (Å²) >= 11 is 7.14. The average Bonchev–Trinajstić information content (AvgIpc) is 3.31. The van der Waals surface area contributed by atoms with Gasteiger partial charge in [-0.3, -0.25) is 9.69 Å². The molecule has 1 aliphatic rings. The third-order valence-electron chi connectivity index (χ3n) is 5.71. The Morgan fingerprint density at radius 2 is 1.94 bits per heavy atom. The van der Waals surface area contributed by atoms with Crippen molar-refractivity contribution >= 4 is 57.4 Å². The summed E-state index contributed by atoms with van der Waals surface area (Å²) in [5.41, 5.74) is 1.29. The van der Waals surface area contributed by atoms with Gasteiger partial charge in [0.25, 0.3) is 5.91 Å². The van der Waals surface area contributed by atoms with Crippen LogP contribution >= 0.6 is 22.9 Å². The van der Waals surface area contributed by atoms with Crippen molar-refractivity contribution in [2.45, 2.75) is 13.8 Å². The first-order chi connectivity index (χ1) is 17.3. The topological polar surface area (TPSA) is 135 Å². The molecule has 0 saturated carbocycles. The lowest BCUT2D eigenvalue weighted by Crippen LogP contribution is -2.47. The number of hydrogen-bond donors (Lipinski definition) is 3. The number of aryl methyl sites for hydroxylation is 2. The number of rotatable bonds is 7. The van der Waals surface area contributed by atoms with Gasteiger partial charge in [-0.05, 0) is 25.5 Å². The Balaban J connectivity index is 1.57. The molecule has 0 aliphatic carbocycles. The molecule has 11 nitrogen and oxygen atoms in total. The zero-order valence-electron chi connectivity index (χ0n) is 19.8. The Morgan fingerprint density at radius 3 is 2.61 bits per heavy atom. The Kier molecular flexibility index (Phi) is 7.99. The van der Waals surface area contributed by atoms with Gasteiger partial charge in [0.1, 0.15) is 16.5 Å². The molecule has 4 rings (SSSR count). The van der Waals surface area contributed by atoms with Crippen LogP contribution in [0.5, 0.6) is 0 Å². The van der Waals surface area contributed by atoms with Crippen LogP contribution in [0.3, 0.4) is 0 Å². The Bertz CT molecular complexity index is 1240. The fourth-order valence-electron chi connectivity index (χ4n) is 3.87. The molecule has 2 aromatic heterocycles. The van der Waals surface area contributed by atoms with E-state index in [9.17, 15) is 14.7 Å². The summed E-state index contributed by atoms with van der Waals surface area (Å²) < 4.78 is 0. The van der Waals surface area contributed by atoms with Gasteiger partial charge in [-0.1, -0.05) is 35.1 Å². The molecule has 0 bridgehead atoms. The smallest absolute Gasteiger partial charge is 0.419 e. The Hall–Kier alpha value is -3.32. The van der Waals surface area contributed by atoms with Crippen LogP contribution in [0, 0.1) is 13.8 Å². The van der Waals surface area contributed by atoms with E-state index in [1.807, 2.05) is 13.0 Å². The predicted molar refractivity (Wildman–Crippen MR) is 139 cm³/mol. The van der Waals surface area contributed by atoms with E-state index >= 15 is 0 Å². The second-order valence-corrected chi connectivity index (χ2v) is 9.61. The molecule has 3 aromatic rings. The molecule has 1 aromatic carbocycles. The molecule has 1 fully saturated rings. The van der Waals surface area contributed by atoms with Crippen molar-refractivity contribution in [3.63, 3.8) is 0 Å². The number of amides is 2. The van der Waals surface area contributed by atoms with Gasteiger partial charge in [0.2, 0.25) is 5.13 Å². The number of aromatic nitrogens is 3. The number of hydrogen-bond acceptors (Lipinski definition) is 9. The molecule has 36 heavy (non-hydrogen) atoms. The van der Waals surface area contributed by atoms with Gasteiger partial charge in [0.15, 0.2) is 5.82 Å². The Morgan fingerprint density at radius 1 is 1.19 bits per heavy atom. The predicted octanol–water partition coefficient (Wildman–Crippen LogP) is 3.39. The molecule has 1 saturated heterocycles. The van der Waals surface area contributed by atoms with E-state index in [0.717, 1.165) is 34.9 Å². The van der Waals surface area contributed by atoms with E-state index in [4.69, 9.17) is 16.7 Å². The zero-order valence-corrected chi connectivity index (χ0v) is 21.4. The normalized spacial score (nSPS) is 14.1. The van der Waals surface area contributed by atoms with Gasteiger partial charge in [0, 0.05) is 38.8 Å². The number of piperazine rings is 1. The molecule has 0 radical (unpaired) electrons. The number of aliphatic hydroxyl groups excluding tert-OH is 1. The van der Waals surface area contributed by atoms with E-state index in [0.29, 0.717) is 42.0 Å². The largest absolute Gasteiger partial charge is 0.464 e. The molecule has 3 heterocycles. The maximum atomic E-state index is 12.8. The van der Waals surface area contributed by atoms with Crippen LogP contribution in [0.25, 0.3) is 0 Å². The fourth-order valence-corrected chi connectivity index (χ4v) is 4.95. The van der Waals surface area contributed by atoms with Crippen LogP contribution < -0.4 is 15.1 Å². The van der Waals surface area contributed by atoms with Gasteiger partial charge >= 0.3 is 6.09 Å². The number of anilines is 4. The lowest BCUT2D eigenvalue weighted by molar-refractivity contribution is 0.103. The first-order valence-corrected chi connectivity index (χ1v) is 12.5. The fraction of sp³-hybridized carbons (Fsp3) is 0.348. The summed E-state index contributed by atoms with van der Waals surface area (Å²) in [6.45, 7) is 7.14. The second-order valence-electron chi connectivity index (χ2n) is 8.19. The van der Waals surface area contributed by atoms with Gasteiger partial charge in [-0.25, -0.2) is 24.6 Å². The van der Waals surface area contributed by atoms with Crippen molar-refractivity contribution in [1.29, 1.82) is 0 Å². The maximum Gasteiger partial charge on any atom is 0.419 e. The minimum absolute atomic E-state index is 0.0837. The third kappa shape index (κ3) is 5.73. The lowest BCUT2D eigenvalue weighted by atomic mass is 10.2. The van der Waals surface area contributed by atoms with Crippen LogP contribution in [0.1, 0.15) is 21.1 Å². The quantitative estimate of drug-likeness (QED) is 0.419. The standard InChI is InChI=1S/C23H26ClN7O4S/c1-14-4-3-5-16(24)20(14)28-21(33)17-13-25-22(36-17)31(23(34)35)19-12-18(26-15(2)27-19)30-8-6-29(7-9-30)10-11-32/h3-5,12-13,32H,6-11H2,1-2H3,(H,28,33)(H,34,35). The number of aliphatic hydroxyl groups is 1. The highest BCUT2D eigenvalue weighted by molar-refractivity contribution is 7.17. The minimum Gasteiger partial charge on any atom is -0.464 e. The number of halogens is 1. The van der Waals surface area contributed by atoms with E-state index in [1.165, 1.54) is 6.20 Å². The van der Waals surface area contributed by atoms with E-state index in [2.05, 4.69) is 30.1 Å². The minimum atomic E-state index is -1.28. The number of benzene rings is 1. The molecule has 0 atom stereocenters. The molecule has 1 aliphatic heterocycles. The molecule has 0 unspecified atom stereocenters. The summed E-state index contributed by atoms with van der Waals surface area (Å²) in [6.07, 6.45) is 0.0438. The first-order valence-electron chi connectivity index (χ1n) is 11.3. The van der Waals surface area contributed by atoms with Crippen molar-refractivity contribution in [2.75, 3.05) is 54.4 Å². The van der Waals surface area contributed by atoms with Gasteiger partial charge in [-0.2, -0.15) is 0 Å². The summed E-state index contributed by atoms with van der Waals surface area (Å²) in [4.78, 5) is 43.5. The van der Waals surface area contributed by atoms with E-state index in [1.54, 1.807) is 25.1 Å². The number of thiazole rings is 1. The monoisotopic (exact) mass is 531 g/mol. The van der Waals surface area contributed by atoms with Crippen molar-refractivity contribution in [2.24, 2.45) is 0 Å². The number of carbonyl (C=O) groups is 2. The summed E-state index contributed by atoms with van der Waals surface area (Å²) in [6, 6.07) is 6.90. The number of nitrogens with zero attached hydrogens (tertiary/aromatic N) is 6. The van der Waals surface area contributed by atoms with Crippen molar-refractivity contribution in [3.05, 3.63) is 51.7 Å². The zero-order chi connectivity index (χ0) is 25.8. The van der Waals surface area contributed by atoms with E-state index < -0.39 is 12.0 Å². The highest BCUT2D eigenvalue weighted by Gasteiger charge is 2.26. The molecule has 13 heteroatoms. The summed E-state index contributed by atoms with van der Waals surface area (Å²) in [5, 5.41) is 22.4. The number of para-hydroxylation sites is 1. The van der Waals surface area contributed by atoms with Crippen LogP contribution in [0.15, 0.2) is 30.5 Å². The molecule has 0 spiro atoms. The number of nitrogens with one attached hydrogen (secondary N) is 1. The summed E-state index contributed by atoms with van der Waals surface area (Å²) in [5.74, 6) is 0.720. The SMILES string of the molecule is Cc1nc(N2CCN(CCO)CC2)cc(N(C(=O)O)c2ncc(C(=O)Nc3c(C)cccc3Cl)s2)n1. The van der Waals surface area contributed by atoms with Gasteiger partial charge < -0.3 is 20.4 Å². The molecule has 3 N–H and O–H groups in total. The van der Waals surface area contributed by atoms with Crippen molar-refractivity contribution < 1.29 is 19.8 Å². The maximum absolute atomic E-state index is 12.8. The Labute approximate surface area is 217 Å². The summed E-state index contributed by atoms with van der Waals surface area (Å²) in [7, 11) is 0. The van der Waals surface area contributed by atoms with E-state index in [-0.39, 0.29) is 22.4 Å². The molecule has 2 amide bonds. The van der Waals surface area contributed by atoms with Crippen LogP contribution in [-0.2, 0) is 0 Å². The highest BCUT2D eigenvalue weighted by Crippen LogP contribution is 2.32. The molecular weight excluding hydrogens is 506 g/mol. The van der Waals surface area contributed by atoms with Gasteiger partial charge in [0.05, 0.1) is 23.5 Å².